The van der Waals surface area contributed by atoms with Crippen LogP contribution in [0.3, 0.4) is 0 Å². The number of amides is 2. The van der Waals surface area contributed by atoms with Crippen LogP contribution in [0.25, 0.3) is 0 Å². The Balaban J connectivity index is 2.50. The van der Waals surface area contributed by atoms with Crippen molar-refractivity contribution in [1.29, 1.82) is 0 Å². The summed E-state index contributed by atoms with van der Waals surface area (Å²) in [6.45, 7) is 1.72. The number of fused-ring (bicyclic) bond motifs is 1. The van der Waals surface area contributed by atoms with Gasteiger partial charge in [-0.2, -0.15) is 8.78 Å². The van der Waals surface area contributed by atoms with E-state index in [2.05, 4.69) is 0 Å². The topological polar surface area (TPSA) is 69.6 Å². The number of nitrogens with one attached hydrogen (secondary N) is 1. The lowest BCUT2D eigenvalue weighted by Crippen LogP contribution is -2.34. The molecular formula is C11H10F2N2O3. The molecule has 1 aromatic rings. The van der Waals surface area contributed by atoms with Crippen molar-refractivity contribution in [3.8, 4) is 0 Å². The van der Waals surface area contributed by atoms with E-state index in [1.165, 1.54) is 12.1 Å². The highest BCUT2D eigenvalue weighted by Gasteiger charge is 2.52. The van der Waals surface area contributed by atoms with Crippen LogP contribution in [0.2, 0.25) is 0 Å². The van der Waals surface area contributed by atoms with E-state index >= 15 is 0 Å². The van der Waals surface area contributed by atoms with Gasteiger partial charge in [0, 0.05) is 12.2 Å². The number of rotatable bonds is 2. The molecule has 0 atom stereocenters. The fraction of sp³-hybridized carbons (Fsp3) is 0.273. The number of alkyl halides is 2. The molecular weight excluding hydrogens is 246 g/mol. The van der Waals surface area contributed by atoms with Crippen molar-refractivity contribution in [2.75, 3.05) is 16.8 Å². The van der Waals surface area contributed by atoms with E-state index in [4.69, 9.17) is 5.11 Å². The van der Waals surface area contributed by atoms with E-state index in [-0.39, 0.29) is 17.9 Å². The summed E-state index contributed by atoms with van der Waals surface area (Å²) in [6, 6.07) is 3.63. The quantitative estimate of drug-likeness (QED) is 0.852. The van der Waals surface area contributed by atoms with Crippen molar-refractivity contribution in [1.82, 2.24) is 0 Å². The molecule has 2 N–H and O–H groups in total. The van der Waals surface area contributed by atoms with E-state index in [0.717, 1.165) is 11.0 Å². The monoisotopic (exact) mass is 256 g/mol. The molecule has 1 aliphatic heterocycles. The molecule has 1 heterocycles. The lowest BCUT2D eigenvalue weighted by molar-refractivity contribution is -0.141. The third-order valence-electron chi connectivity index (χ3n) is 2.71. The maximum Gasteiger partial charge on any atom is 0.409 e. The predicted octanol–water partition coefficient (Wildman–Crippen LogP) is 2.23. The molecule has 0 bridgehead atoms. The smallest absolute Gasteiger partial charge is 0.409 e. The maximum atomic E-state index is 13.7. The average Bonchev–Trinajstić information content (AvgIpc) is 2.47. The first-order valence-corrected chi connectivity index (χ1v) is 5.22. The van der Waals surface area contributed by atoms with E-state index in [1.807, 2.05) is 5.32 Å². The largest absolute Gasteiger partial charge is 0.465 e. The molecule has 0 fully saturated rings. The van der Waals surface area contributed by atoms with Gasteiger partial charge in [-0.1, -0.05) is 0 Å². The Labute approximate surface area is 101 Å². The minimum atomic E-state index is -3.61. The van der Waals surface area contributed by atoms with E-state index in [0.29, 0.717) is 0 Å². The summed E-state index contributed by atoms with van der Waals surface area (Å²) in [5.74, 6) is -4.89. The van der Waals surface area contributed by atoms with E-state index in [1.54, 1.807) is 6.92 Å². The molecule has 7 heteroatoms. The van der Waals surface area contributed by atoms with Gasteiger partial charge in [0.2, 0.25) is 0 Å². The first kappa shape index (κ1) is 12.3. The lowest BCUT2D eigenvalue weighted by atomic mass is 10.1. The minimum absolute atomic E-state index is 0.00618. The SMILES string of the molecule is CCN1C(=O)C(F)(F)c2cc(NC(=O)O)ccc21. The molecule has 2 amide bonds. The van der Waals surface area contributed by atoms with Crippen LogP contribution in [0.1, 0.15) is 12.5 Å². The molecule has 0 unspecified atom stereocenters. The van der Waals surface area contributed by atoms with Gasteiger partial charge in [0.1, 0.15) is 0 Å². The van der Waals surface area contributed by atoms with Gasteiger partial charge in [-0.05, 0) is 25.1 Å². The highest BCUT2D eigenvalue weighted by Crippen LogP contribution is 2.45. The number of carbonyl (C=O) groups is 2. The standard InChI is InChI=1S/C11H10F2N2O3/c1-2-15-8-4-3-6(14-10(17)18)5-7(8)11(12,13)9(15)16/h3-5,14H,2H2,1H3,(H,17,18). The molecule has 0 aromatic heterocycles. The van der Waals surface area contributed by atoms with Gasteiger partial charge in [0.25, 0.3) is 0 Å². The lowest BCUT2D eigenvalue weighted by Gasteiger charge is -2.14. The Hall–Kier alpha value is -2.18. The van der Waals surface area contributed by atoms with Crippen molar-refractivity contribution in [3.63, 3.8) is 0 Å². The molecule has 5 nitrogen and oxygen atoms in total. The van der Waals surface area contributed by atoms with Gasteiger partial charge in [0.05, 0.1) is 11.3 Å². The van der Waals surface area contributed by atoms with E-state index < -0.39 is 23.5 Å². The summed E-state index contributed by atoms with van der Waals surface area (Å²) >= 11 is 0. The van der Waals surface area contributed by atoms with Crippen LogP contribution in [0.5, 0.6) is 0 Å². The van der Waals surface area contributed by atoms with Crippen molar-refractivity contribution < 1.29 is 23.5 Å². The minimum Gasteiger partial charge on any atom is -0.465 e. The zero-order chi connectivity index (χ0) is 13.5. The Morgan fingerprint density at radius 2 is 2.17 bits per heavy atom. The Kier molecular flexibility index (Phi) is 2.68. The van der Waals surface area contributed by atoms with Crippen LogP contribution in [0.15, 0.2) is 18.2 Å². The predicted molar refractivity (Wildman–Crippen MR) is 60.0 cm³/mol. The molecule has 1 aromatic carbocycles. The number of halogens is 2. The maximum absolute atomic E-state index is 13.7. The normalized spacial score (nSPS) is 16.6. The number of hydrogen-bond acceptors (Lipinski definition) is 2. The Bertz CT molecular complexity index is 531. The number of nitrogens with zero attached hydrogens (tertiary/aromatic N) is 1. The van der Waals surface area contributed by atoms with Gasteiger partial charge < -0.3 is 10.0 Å². The molecule has 2 rings (SSSR count). The summed E-state index contributed by atoms with van der Waals surface area (Å²) in [5.41, 5.74) is -0.351. The van der Waals surface area contributed by atoms with Crippen LogP contribution >= 0.6 is 0 Å². The number of benzene rings is 1. The second kappa shape index (κ2) is 3.94. The molecule has 1 aliphatic rings. The summed E-state index contributed by atoms with van der Waals surface area (Å²) in [6.07, 6.45) is -1.35. The van der Waals surface area contributed by atoms with Crippen LogP contribution in [-0.2, 0) is 10.7 Å². The summed E-state index contributed by atoms with van der Waals surface area (Å²) in [7, 11) is 0. The van der Waals surface area contributed by atoms with Gasteiger partial charge in [0.15, 0.2) is 0 Å². The van der Waals surface area contributed by atoms with Crippen molar-refractivity contribution >= 4 is 23.4 Å². The van der Waals surface area contributed by atoms with Crippen molar-refractivity contribution in [2.45, 2.75) is 12.8 Å². The average molecular weight is 256 g/mol. The number of anilines is 2. The zero-order valence-electron chi connectivity index (χ0n) is 9.41. The third kappa shape index (κ3) is 1.68. The molecule has 96 valence electrons. The molecule has 0 spiro atoms. The van der Waals surface area contributed by atoms with Crippen molar-refractivity contribution in [2.24, 2.45) is 0 Å². The van der Waals surface area contributed by atoms with Crippen LogP contribution in [0, 0.1) is 0 Å². The Morgan fingerprint density at radius 3 is 2.72 bits per heavy atom. The van der Waals surface area contributed by atoms with E-state index in [9.17, 15) is 18.4 Å². The van der Waals surface area contributed by atoms with Crippen LogP contribution < -0.4 is 10.2 Å². The van der Waals surface area contributed by atoms with Crippen molar-refractivity contribution in [3.05, 3.63) is 23.8 Å². The van der Waals surface area contributed by atoms with Crippen LogP contribution in [-0.4, -0.2) is 23.7 Å². The molecule has 0 saturated carbocycles. The van der Waals surface area contributed by atoms with Gasteiger partial charge in [-0.3, -0.25) is 10.1 Å². The number of likely N-dealkylation sites (N-methyl/N-ethyl adjacent to an activating group) is 1. The highest BCUT2D eigenvalue weighted by molar-refractivity contribution is 6.06. The first-order valence-electron chi connectivity index (χ1n) is 5.22. The number of carboxylic acid groups (broad SMARTS) is 1. The molecule has 0 radical (unpaired) electrons. The fourth-order valence-electron chi connectivity index (χ4n) is 1.93. The van der Waals surface area contributed by atoms with Gasteiger partial charge >= 0.3 is 17.9 Å². The number of hydrogen-bond donors (Lipinski definition) is 2. The Morgan fingerprint density at radius 1 is 1.50 bits per heavy atom. The molecule has 18 heavy (non-hydrogen) atoms. The molecule has 0 saturated heterocycles. The van der Waals surface area contributed by atoms with Crippen LogP contribution in [0.4, 0.5) is 25.0 Å². The summed E-state index contributed by atoms with van der Waals surface area (Å²) in [4.78, 5) is 22.9. The second-order valence-electron chi connectivity index (χ2n) is 3.79. The third-order valence-corrected chi connectivity index (χ3v) is 2.71. The number of carbonyl (C=O) groups excluding carboxylic acids is 1. The summed E-state index contributed by atoms with van der Waals surface area (Å²) in [5, 5.41) is 10.5. The summed E-state index contributed by atoms with van der Waals surface area (Å²) < 4.78 is 27.4. The fourth-order valence-corrected chi connectivity index (χ4v) is 1.93. The zero-order valence-corrected chi connectivity index (χ0v) is 9.41. The molecule has 0 aliphatic carbocycles. The van der Waals surface area contributed by atoms with Gasteiger partial charge in [-0.25, -0.2) is 4.79 Å². The first-order chi connectivity index (χ1) is 8.37. The highest BCUT2D eigenvalue weighted by atomic mass is 19.3. The van der Waals surface area contributed by atoms with Gasteiger partial charge in [-0.15, -0.1) is 0 Å². The second-order valence-corrected chi connectivity index (χ2v) is 3.79.